The molecule has 0 saturated heterocycles. The van der Waals surface area contributed by atoms with Crippen LogP contribution in [0.3, 0.4) is 0 Å². The molecule has 0 aliphatic heterocycles. The maximum absolute atomic E-state index is 12.9. The van der Waals surface area contributed by atoms with E-state index in [4.69, 9.17) is 5.10 Å². The summed E-state index contributed by atoms with van der Waals surface area (Å²) in [7, 11) is 0. The average Bonchev–Trinajstić information content (AvgIpc) is 3.45. The number of nitrogens with one attached hydrogen (secondary N) is 2. The van der Waals surface area contributed by atoms with Crippen molar-refractivity contribution in [2.24, 2.45) is 0 Å². The van der Waals surface area contributed by atoms with Crippen LogP contribution in [0.2, 0.25) is 0 Å². The standard InChI is InChI=1S/C24H26N4O2/c1-16-8-9-19(12-17(16)2)23-21(24(30)25-13-22(29)26-20-10-11-20)15-28(27-23)14-18-6-4-3-5-7-18/h3-9,12,15,20H,10-11,13-14H2,1-2H3,(H,25,30)(H,26,29). The van der Waals surface area contributed by atoms with Crippen LogP contribution in [0, 0.1) is 13.8 Å². The molecule has 3 aromatic rings. The van der Waals surface area contributed by atoms with Gasteiger partial charge < -0.3 is 10.6 Å². The molecule has 0 bridgehead atoms. The molecule has 1 aliphatic rings. The van der Waals surface area contributed by atoms with Gasteiger partial charge in [0.25, 0.3) is 5.91 Å². The molecule has 0 atom stereocenters. The zero-order valence-corrected chi connectivity index (χ0v) is 17.3. The van der Waals surface area contributed by atoms with Crippen LogP contribution >= 0.6 is 0 Å². The van der Waals surface area contributed by atoms with Crippen LogP contribution in [0.5, 0.6) is 0 Å². The third-order valence-electron chi connectivity index (χ3n) is 5.33. The van der Waals surface area contributed by atoms with Gasteiger partial charge in [-0.3, -0.25) is 14.3 Å². The van der Waals surface area contributed by atoms with E-state index in [-0.39, 0.29) is 24.4 Å². The van der Waals surface area contributed by atoms with Gasteiger partial charge in [0, 0.05) is 17.8 Å². The van der Waals surface area contributed by atoms with E-state index in [1.54, 1.807) is 10.9 Å². The summed E-state index contributed by atoms with van der Waals surface area (Å²) in [6, 6.07) is 16.3. The molecule has 2 aromatic carbocycles. The van der Waals surface area contributed by atoms with Crippen LogP contribution in [0.25, 0.3) is 11.3 Å². The van der Waals surface area contributed by atoms with Gasteiger partial charge in [0.2, 0.25) is 5.91 Å². The van der Waals surface area contributed by atoms with E-state index in [1.807, 2.05) is 55.5 Å². The van der Waals surface area contributed by atoms with Gasteiger partial charge in [-0.05, 0) is 49.4 Å². The van der Waals surface area contributed by atoms with Crippen molar-refractivity contribution in [2.45, 2.75) is 39.3 Å². The number of benzene rings is 2. The van der Waals surface area contributed by atoms with E-state index in [0.29, 0.717) is 17.8 Å². The number of amides is 2. The van der Waals surface area contributed by atoms with Gasteiger partial charge in [-0.25, -0.2) is 0 Å². The van der Waals surface area contributed by atoms with Crippen molar-refractivity contribution < 1.29 is 9.59 Å². The number of hydrogen-bond acceptors (Lipinski definition) is 3. The van der Waals surface area contributed by atoms with E-state index in [9.17, 15) is 9.59 Å². The maximum atomic E-state index is 12.9. The van der Waals surface area contributed by atoms with Gasteiger partial charge >= 0.3 is 0 Å². The molecule has 6 heteroatoms. The van der Waals surface area contributed by atoms with Gasteiger partial charge in [-0.2, -0.15) is 5.10 Å². The van der Waals surface area contributed by atoms with Crippen molar-refractivity contribution >= 4 is 11.8 Å². The van der Waals surface area contributed by atoms with Crippen LogP contribution in [0.1, 0.15) is 39.9 Å². The lowest BCUT2D eigenvalue weighted by Crippen LogP contribution is -2.37. The summed E-state index contributed by atoms with van der Waals surface area (Å²) in [5, 5.41) is 10.3. The van der Waals surface area contributed by atoms with Crippen molar-refractivity contribution in [1.82, 2.24) is 20.4 Å². The first-order valence-electron chi connectivity index (χ1n) is 10.3. The number of aromatic nitrogens is 2. The number of rotatable bonds is 7. The number of carbonyl (C=O) groups is 2. The minimum absolute atomic E-state index is 0.0361. The fourth-order valence-corrected chi connectivity index (χ4v) is 3.30. The second-order valence-corrected chi connectivity index (χ2v) is 7.90. The smallest absolute Gasteiger partial charge is 0.255 e. The monoisotopic (exact) mass is 402 g/mol. The van der Waals surface area contributed by atoms with Crippen LogP contribution in [-0.2, 0) is 11.3 Å². The Bertz CT molecular complexity index is 1070. The molecule has 2 amide bonds. The number of aryl methyl sites for hydroxylation is 2. The Morgan fingerprint density at radius 2 is 1.83 bits per heavy atom. The molecular weight excluding hydrogens is 376 g/mol. The van der Waals surface area contributed by atoms with Gasteiger partial charge in [0.1, 0.15) is 5.69 Å². The summed E-state index contributed by atoms with van der Waals surface area (Å²) < 4.78 is 1.78. The molecule has 1 aliphatic carbocycles. The van der Waals surface area contributed by atoms with Crippen LogP contribution in [0.4, 0.5) is 0 Å². The quantitative estimate of drug-likeness (QED) is 0.637. The highest BCUT2D eigenvalue weighted by molar-refractivity contribution is 6.01. The predicted octanol–water partition coefficient (Wildman–Crippen LogP) is 3.22. The highest BCUT2D eigenvalue weighted by Gasteiger charge is 2.24. The predicted molar refractivity (Wildman–Crippen MR) is 116 cm³/mol. The summed E-state index contributed by atoms with van der Waals surface area (Å²) in [4.78, 5) is 24.9. The molecule has 1 fully saturated rings. The lowest BCUT2D eigenvalue weighted by atomic mass is 10.0. The minimum atomic E-state index is -0.298. The van der Waals surface area contributed by atoms with Crippen LogP contribution in [0.15, 0.2) is 54.7 Å². The van der Waals surface area contributed by atoms with Crippen LogP contribution in [-0.4, -0.2) is 34.2 Å². The Hall–Kier alpha value is -3.41. The third kappa shape index (κ3) is 4.76. The Morgan fingerprint density at radius 3 is 2.53 bits per heavy atom. The lowest BCUT2D eigenvalue weighted by molar-refractivity contribution is -0.120. The first-order valence-corrected chi connectivity index (χ1v) is 10.3. The Balaban J connectivity index is 1.59. The van der Waals surface area contributed by atoms with E-state index in [2.05, 4.69) is 17.6 Å². The van der Waals surface area contributed by atoms with Gasteiger partial charge in [0.15, 0.2) is 0 Å². The minimum Gasteiger partial charge on any atom is -0.352 e. The van der Waals surface area contributed by atoms with Crippen molar-refractivity contribution in [3.8, 4) is 11.3 Å². The Kier molecular flexibility index (Phi) is 5.65. The number of carbonyl (C=O) groups excluding carboxylic acids is 2. The third-order valence-corrected chi connectivity index (χ3v) is 5.33. The zero-order chi connectivity index (χ0) is 21.1. The van der Waals surface area contributed by atoms with E-state index < -0.39 is 0 Å². The largest absolute Gasteiger partial charge is 0.352 e. The molecule has 30 heavy (non-hydrogen) atoms. The highest BCUT2D eigenvalue weighted by atomic mass is 16.2. The molecular formula is C24H26N4O2. The second-order valence-electron chi connectivity index (χ2n) is 7.90. The van der Waals surface area contributed by atoms with E-state index in [1.165, 1.54) is 5.56 Å². The molecule has 154 valence electrons. The SMILES string of the molecule is Cc1ccc(-c2nn(Cc3ccccc3)cc2C(=O)NCC(=O)NC2CC2)cc1C. The van der Waals surface area contributed by atoms with E-state index >= 15 is 0 Å². The molecule has 0 radical (unpaired) electrons. The summed E-state index contributed by atoms with van der Waals surface area (Å²) in [5.74, 6) is -0.455. The van der Waals surface area contributed by atoms with Crippen molar-refractivity contribution in [1.29, 1.82) is 0 Å². The second kappa shape index (κ2) is 8.53. The first kappa shape index (κ1) is 19.9. The topological polar surface area (TPSA) is 76.0 Å². The molecule has 0 unspecified atom stereocenters. The highest BCUT2D eigenvalue weighted by Crippen LogP contribution is 2.25. The Morgan fingerprint density at radius 1 is 1.07 bits per heavy atom. The summed E-state index contributed by atoms with van der Waals surface area (Å²) in [6.07, 6.45) is 3.79. The van der Waals surface area contributed by atoms with Crippen molar-refractivity contribution in [2.75, 3.05) is 6.54 Å². The molecule has 0 spiro atoms. The molecule has 1 aromatic heterocycles. The average molecular weight is 402 g/mol. The summed E-state index contributed by atoms with van der Waals surface area (Å²) >= 11 is 0. The molecule has 4 rings (SSSR count). The molecule has 1 heterocycles. The van der Waals surface area contributed by atoms with Crippen molar-refractivity contribution in [3.05, 3.63) is 77.0 Å². The maximum Gasteiger partial charge on any atom is 0.255 e. The molecule has 1 saturated carbocycles. The van der Waals surface area contributed by atoms with Gasteiger partial charge in [-0.15, -0.1) is 0 Å². The van der Waals surface area contributed by atoms with Gasteiger partial charge in [0.05, 0.1) is 18.7 Å². The first-order chi connectivity index (χ1) is 14.5. The normalized spacial score (nSPS) is 13.1. The van der Waals surface area contributed by atoms with Crippen molar-refractivity contribution in [3.63, 3.8) is 0 Å². The number of hydrogen-bond donors (Lipinski definition) is 2. The fourth-order valence-electron chi connectivity index (χ4n) is 3.30. The fraction of sp³-hybridized carbons (Fsp3) is 0.292. The Labute approximate surface area is 176 Å². The van der Waals surface area contributed by atoms with E-state index in [0.717, 1.165) is 29.5 Å². The van der Waals surface area contributed by atoms with Crippen LogP contribution < -0.4 is 10.6 Å². The van der Waals surface area contributed by atoms with Gasteiger partial charge in [-0.1, -0.05) is 42.5 Å². The zero-order valence-electron chi connectivity index (χ0n) is 17.3. The summed E-state index contributed by atoms with van der Waals surface area (Å²) in [5.41, 5.74) is 5.40. The number of nitrogens with zero attached hydrogens (tertiary/aromatic N) is 2. The lowest BCUT2D eigenvalue weighted by Gasteiger charge is -2.07. The molecule has 6 nitrogen and oxygen atoms in total. The molecule has 2 N–H and O–H groups in total. The summed E-state index contributed by atoms with van der Waals surface area (Å²) in [6.45, 7) is 4.63.